The largest absolute Gasteiger partial charge is 0.491 e. The molecule has 1 aliphatic heterocycles. The summed E-state index contributed by atoms with van der Waals surface area (Å²) in [5.41, 5.74) is 1.93. The van der Waals surface area contributed by atoms with Crippen molar-refractivity contribution in [2.24, 2.45) is 0 Å². The fourth-order valence-electron chi connectivity index (χ4n) is 3.02. The highest BCUT2D eigenvalue weighted by Crippen LogP contribution is 2.36. The van der Waals surface area contributed by atoms with Gasteiger partial charge in [-0.15, -0.1) is 0 Å². The van der Waals surface area contributed by atoms with Crippen LogP contribution in [0.3, 0.4) is 0 Å². The van der Waals surface area contributed by atoms with E-state index in [4.69, 9.17) is 28.4 Å². The molecule has 0 saturated heterocycles. The molecule has 0 bridgehead atoms. The minimum Gasteiger partial charge on any atom is -0.491 e. The summed E-state index contributed by atoms with van der Waals surface area (Å²) in [7, 11) is 0. The summed E-state index contributed by atoms with van der Waals surface area (Å²) in [4.78, 5) is 0. The van der Waals surface area contributed by atoms with Crippen molar-refractivity contribution >= 4 is 0 Å². The van der Waals surface area contributed by atoms with Crippen molar-refractivity contribution in [3.8, 4) is 22.6 Å². The molecule has 1 unspecified atom stereocenters. The highest BCUT2D eigenvalue weighted by Gasteiger charge is 2.12. The molecular formula is C23H30O7. The average Bonchev–Trinajstić information content (AvgIpc) is 2.78. The maximum Gasteiger partial charge on any atom is 0.127 e. The lowest BCUT2D eigenvalue weighted by Crippen LogP contribution is -2.27. The van der Waals surface area contributed by atoms with Gasteiger partial charge >= 0.3 is 0 Å². The van der Waals surface area contributed by atoms with Crippen molar-refractivity contribution in [2.75, 3.05) is 66.1 Å². The molecule has 3 rings (SSSR count). The zero-order valence-corrected chi connectivity index (χ0v) is 17.2. The summed E-state index contributed by atoms with van der Waals surface area (Å²) in [6.07, 6.45) is -0.373. The van der Waals surface area contributed by atoms with E-state index in [9.17, 15) is 5.11 Å². The predicted octanol–water partition coefficient (Wildman–Crippen LogP) is 2.55. The van der Waals surface area contributed by atoms with E-state index in [0.29, 0.717) is 59.5 Å². The second kappa shape index (κ2) is 13.2. The van der Waals surface area contributed by atoms with Gasteiger partial charge in [0.2, 0.25) is 0 Å². The maximum absolute atomic E-state index is 9.36. The number of para-hydroxylation sites is 2. The zero-order chi connectivity index (χ0) is 20.9. The van der Waals surface area contributed by atoms with Gasteiger partial charge in [-0.2, -0.15) is 0 Å². The summed E-state index contributed by atoms with van der Waals surface area (Å²) in [6.45, 7) is 3.61. The molecule has 0 saturated carbocycles. The Morgan fingerprint density at radius 1 is 0.633 bits per heavy atom. The standard InChI is InChI=1S/C23H30O7/c24-17-19-18-27-10-9-25-12-15-29-22-7-3-1-5-20(22)21-6-2-4-8-23(21)30-16-13-26-11-14-28-19/h1-8,19,24H,9-18H2. The molecule has 0 aliphatic carbocycles. The molecule has 1 heterocycles. The van der Waals surface area contributed by atoms with E-state index in [1.807, 2.05) is 48.5 Å². The van der Waals surface area contributed by atoms with Crippen LogP contribution in [0.4, 0.5) is 0 Å². The van der Waals surface area contributed by atoms with E-state index < -0.39 is 0 Å². The Kier molecular flexibility index (Phi) is 9.91. The van der Waals surface area contributed by atoms with Gasteiger partial charge in [0.1, 0.15) is 30.8 Å². The van der Waals surface area contributed by atoms with E-state index in [1.54, 1.807) is 0 Å². The predicted molar refractivity (Wildman–Crippen MR) is 112 cm³/mol. The topological polar surface area (TPSA) is 75.6 Å². The fraction of sp³-hybridized carbons (Fsp3) is 0.478. The Hall–Kier alpha value is -2.16. The molecule has 0 aromatic heterocycles. The number of fused-ring (bicyclic) bond motifs is 3. The van der Waals surface area contributed by atoms with Crippen molar-refractivity contribution < 1.29 is 33.5 Å². The molecule has 0 radical (unpaired) electrons. The Bertz CT molecular complexity index is 737. The normalized spacial score (nSPS) is 20.1. The van der Waals surface area contributed by atoms with Gasteiger partial charge in [-0.25, -0.2) is 0 Å². The molecule has 7 nitrogen and oxygen atoms in total. The zero-order valence-electron chi connectivity index (χ0n) is 17.2. The molecular weight excluding hydrogens is 388 g/mol. The quantitative estimate of drug-likeness (QED) is 0.763. The number of hydrogen-bond acceptors (Lipinski definition) is 7. The van der Waals surface area contributed by atoms with Crippen LogP contribution in [0.2, 0.25) is 0 Å². The van der Waals surface area contributed by atoms with Gasteiger partial charge in [0.05, 0.1) is 52.9 Å². The number of rotatable bonds is 1. The molecule has 7 heteroatoms. The highest BCUT2D eigenvalue weighted by atomic mass is 16.6. The van der Waals surface area contributed by atoms with Crippen LogP contribution < -0.4 is 9.47 Å². The van der Waals surface area contributed by atoms with E-state index >= 15 is 0 Å². The maximum atomic E-state index is 9.36. The molecule has 2 aromatic carbocycles. The second-order valence-electron chi connectivity index (χ2n) is 6.66. The SMILES string of the molecule is OCC1COCCOCCOc2ccccc2-c2ccccc2OCCOCCO1. The van der Waals surface area contributed by atoms with Crippen molar-refractivity contribution in [3.05, 3.63) is 48.5 Å². The molecule has 1 N–H and O–H groups in total. The molecule has 0 spiro atoms. The van der Waals surface area contributed by atoms with Crippen LogP contribution in [0.25, 0.3) is 11.1 Å². The summed E-state index contributed by atoms with van der Waals surface area (Å²) < 4.78 is 34.1. The molecule has 30 heavy (non-hydrogen) atoms. The third-order valence-electron chi connectivity index (χ3n) is 4.50. The number of aliphatic hydroxyl groups is 1. The van der Waals surface area contributed by atoms with Crippen LogP contribution in [0, 0.1) is 0 Å². The monoisotopic (exact) mass is 418 g/mol. The molecule has 2 aromatic rings. The lowest BCUT2D eigenvalue weighted by atomic mass is 10.0. The number of hydrogen-bond donors (Lipinski definition) is 1. The summed E-state index contributed by atoms with van der Waals surface area (Å²) >= 11 is 0. The Balaban J connectivity index is 1.66. The lowest BCUT2D eigenvalue weighted by Gasteiger charge is -2.17. The van der Waals surface area contributed by atoms with E-state index in [-0.39, 0.29) is 12.7 Å². The van der Waals surface area contributed by atoms with Gasteiger partial charge in [0.15, 0.2) is 0 Å². The average molecular weight is 418 g/mol. The molecule has 1 atom stereocenters. The number of ether oxygens (including phenoxy) is 6. The molecule has 1 aliphatic rings. The van der Waals surface area contributed by atoms with Crippen LogP contribution >= 0.6 is 0 Å². The minimum atomic E-state index is -0.373. The summed E-state index contributed by atoms with van der Waals surface area (Å²) in [5.74, 6) is 1.55. The van der Waals surface area contributed by atoms with Gasteiger partial charge in [-0.05, 0) is 12.1 Å². The molecule has 0 fully saturated rings. The molecule has 164 valence electrons. The molecule has 0 amide bonds. The first-order valence-corrected chi connectivity index (χ1v) is 10.3. The van der Waals surface area contributed by atoms with Gasteiger partial charge in [-0.3, -0.25) is 0 Å². The summed E-state index contributed by atoms with van der Waals surface area (Å²) in [6, 6.07) is 15.8. The first-order chi connectivity index (χ1) is 14.9. The Labute approximate surface area is 177 Å². The highest BCUT2D eigenvalue weighted by molar-refractivity contribution is 5.75. The van der Waals surface area contributed by atoms with Crippen LogP contribution in [0.5, 0.6) is 11.5 Å². The van der Waals surface area contributed by atoms with E-state index in [0.717, 1.165) is 22.6 Å². The first kappa shape index (κ1) is 22.5. The van der Waals surface area contributed by atoms with Gasteiger partial charge < -0.3 is 33.5 Å². The van der Waals surface area contributed by atoms with Crippen molar-refractivity contribution in [1.29, 1.82) is 0 Å². The third kappa shape index (κ3) is 7.27. The van der Waals surface area contributed by atoms with Gasteiger partial charge in [-0.1, -0.05) is 36.4 Å². The van der Waals surface area contributed by atoms with Crippen molar-refractivity contribution in [3.63, 3.8) is 0 Å². The lowest BCUT2D eigenvalue weighted by molar-refractivity contribution is -0.0673. The third-order valence-corrected chi connectivity index (χ3v) is 4.50. The summed E-state index contributed by atoms with van der Waals surface area (Å²) in [5, 5.41) is 9.36. The Morgan fingerprint density at radius 3 is 1.73 bits per heavy atom. The van der Waals surface area contributed by atoms with Crippen molar-refractivity contribution in [2.45, 2.75) is 6.10 Å². The van der Waals surface area contributed by atoms with E-state index in [1.165, 1.54) is 0 Å². The van der Waals surface area contributed by atoms with Gasteiger partial charge in [0, 0.05) is 11.1 Å². The van der Waals surface area contributed by atoms with Crippen LogP contribution in [0.15, 0.2) is 48.5 Å². The van der Waals surface area contributed by atoms with Crippen LogP contribution in [-0.2, 0) is 18.9 Å². The van der Waals surface area contributed by atoms with Crippen molar-refractivity contribution in [1.82, 2.24) is 0 Å². The fourth-order valence-corrected chi connectivity index (χ4v) is 3.02. The Morgan fingerprint density at radius 2 is 1.13 bits per heavy atom. The smallest absolute Gasteiger partial charge is 0.127 e. The van der Waals surface area contributed by atoms with Gasteiger partial charge in [0.25, 0.3) is 0 Å². The number of aliphatic hydroxyl groups excluding tert-OH is 1. The van der Waals surface area contributed by atoms with E-state index in [2.05, 4.69) is 0 Å². The first-order valence-electron chi connectivity index (χ1n) is 10.3. The second-order valence-corrected chi connectivity index (χ2v) is 6.66. The number of benzene rings is 2. The minimum absolute atomic E-state index is 0.103. The van der Waals surface area contributed by atoms with Crippen LogP contribution in [0.1, 0.15) is 0 Å². The van der Waals surface area contributed by atoms with Crippen LogP contribution in [-0.4, -0.2) is 77.3 Å².